The number of nitrogens with one attached hydrogen (secondary N) is 1. The van der Waals surface area contributed by atoms with Gasteiger partial charge in [-0.05, 0) is 50.7 Å². The first kappa shape index (κ1) is 15.5. The number of nitrogens with two attached hydrogens (primary N) is 1. The van der Waals surface area contributed by atoms with Gasteiger partial charge in [0.1, 0.15) is 0 Å². The summed E-state index contributed by atoms with van der Waals surface area (Å²) in [5.41, 5.74) is 7.24. The molecule has 0 aromatic carbocycles. The van der Waals surface area contributed by atoms with Crippen LogP contribution >= 0.6 is 11.3 Å². The molecule has 3 unspecified atom stereocenters. The van der Waals surface area contributed by atoms with E-state index in [4.69, 9.17) is 5.73 Å². The zero-order chi connectivity index (χ0) is 14.9. The Labute approximate surface area is 125 Å². The van der Waals surface area contributed by atoms with Crippen molar-refractivity contribution in [1.82, 2.24) is 10.2 Å². The summed E-state index contributed by atoms with van der Waals surface area (Å²) >= 11 is 1.76. The molecule has 1 saturated heterocycles. The first-order chi connectivity index (χ1) is 9.39. The molecule has 1 amide bonds. The van der Waals surface area contributed by atoms with Crippen LogP contribution in [0.5, 0.6) is 0 Å². The molecule has 20 heavy (non-hydrogen) atoms. The fourth-order valence-corrected chi connectivity index (χ4v) is 4.32. The van der Waals surface area contributed by atoms with Gasteiger partial charge in [-0.2, -0.15) is 0 Å². The first-order valence-corrected chi connectivity index (χ1v) is 8.03. The molecule has 2 rings (SSSR count). The number of rotatable bonds is 4. The molecule has 2 heterocycles. The summed E-state index contributed by atoms with van der Waals surface area (Å²) in [6, 6.07) is 2.41. The maximum absolute atomic E-state index is 12.1. The summed E-state index contributed by atoms with van der Waals surface area (Å²) in [5.74, 6) is 0.131. The number of carbonyl (C=O) groups is 1. The maximum Gasteiger partial charge on any atom is 0.227 e. The molecule has 1 aliphatic rings. The fraction of sp³-hybridized carbons (Fsp3) is 0.667. The van der Waals surface area contributed by atoms with Crippen LogP contribution in [0.4, 0.5) is 0 Å². The third-order valence-electron chi connectivity index (χ3n) is 4.34. The van der Waals surface area contributed by atoms with Crippen molar-refractivity contribution in [3.63, 3.8) is 0 Å². The van der Waals surface area contributed by atoms with Gasteiger partial charge in [-0.25, -0.2) is 0 Å². The van der Waals surface area contributed by atoms with Gasteiger partial charge < -0.3 is 11.1 Å². The van der Waals surface area contributed by atoms with Crippen molar-refractivity contribution in [2.24, 2.45) is 11.1 Å². The number of likely N-dealkylation sites (tertiary alicyclic amines) is 1. The van der Waals surface area contributed by atoms with E-state index < -0.39 is 0 Å². The Morgan fingerprint density at radius 3 is 2.80 bits per heavy atom. The summed E-state index contributed by atoms with van der Waals surface area (Å²) < 4.78 is 0. The summed E-state index contributed by atoms with van der Waals surface area (Å²) in [6.07, 6.45) is 0.889. The molecular weight excluding hydrogens is 270 g/mol. The van der Waals surface area contributed by atoms with E-state index in [1.165, 1.54) is 10.4 Å². The van der Waals surface area contributed by atoms with E-state index in [0.717, 1.165) is 19.5 Å². The Balaban J connectivity index is 2.22. The molecule has 0 bridgehead atoms. The van der Waals surface area contributed by atoms with E-state index in [-0.39, 0.29) is 23.4 Å². The van der Waals surface area contributed by atoms with Crippen molar-refractivity contribution in [1.29, 1.82) is 0 Å². The molecule has 0 spiro atoms. The Bertz CT molecular complexity index is 485. The zero-order valence-electron chi connectivity index (χ0n) is 12.8. The topological polar surface area (TPSA) is 58.4 Å². The first-order valence-electron chi connectivity index (χ1n) is 7.15. The van der Waals surface area contributed by atoms with Crippen molar-refractivity contribution in [2.45, 2.75) is 39.3 Å². The van der Waals surface area contributed by atoms with Gasteiger partial charge >= 0.3 is 0 Å². The monoisotopic (exact) mass is 295 g/mol. The molecule has 1 fully saturated rings. The Kier molecular flexibility index (Phi) is 4.52. The molecule has 0 saturated carbocycles. The minimum atomic E-state index is -0.299. The summed E-state index contributed by atoms with van der Waals surface area (Å²) in [7, 11) is 1.71. The van der Waals surface area contributed by atoms with Gasteiger partial charge in [-0.15, -0.1) is 11.3 Å². The molecule has 112 valence electrons. The third kappa shape index (κ3) is 2.75. The normalized spacial score (nSPS) is 26.4. The van der Waals surface area contributed by atoms with Crippen LogP contribution < -0.4 is 11.1 Å². The van der Waals surface area contributed by atoms with Crippen LogP contribution in [0.25, 0.3) is 0 Å². The standard InChI is InChI=1S/C15H25N3OS/c1-10-5-8-20-13(10)12(11(2)16)18-7-6-15(3,9-18)14(19)17-4/h5,8,11-12H,6-7,9,16H2,1-4H3,(H,17,19). The lowest BCUT2D eigenvalue weighted by Gasteiger charge is -2.32. The van der Waals surface area contributed by atoms with Crippen molar-refractivity contribution >= 4 is 17.2 Å². The van der Waals surface area contributed by atoms with Crippen LogP contribution in [0.15, 0.2) is 11.4 Å². The highest BCUT2D eigenvalue weighted by molar-refractivity contribution is 7.10. The van der Waals surface area contributed by atoms with Gasteiger partial charge in [0.2, 0.25) is 5.91 Å². The molecule has 0 radical (unpaired) electrons. The van der Waals surface area contributed by atoms with Crippen LogP contribution in [0.2, 0.25) is 0 Å². The predicted molar refractivity (Wildman–Crippen MR) is 83.8 cm³/mol. The van der Waals surface area contributed by atoms with Crippen molar-refractivity contribution < 1.29 is 4.79 Å². The van der Waals surface area contributed by atoms with Crippen LogP contribution in [0.1, 0.15) is 36.8 Å². The molecular formula is C15H25N3OS. The van der Waals surface area contributed by atoms with Gasteiger partial charge in [0, 0.05) is 24.5 Å². The van der Waals surface area contributed by atoms with Gasteiger partial charge in [0.25, 0.3) is 0 Å². The van der Waals surface area contributed by atoms with Crippen LogP contribution in [-0.4, -0.2) is 37.0 Å². The van der Waals surface area contributed by atoms with Crippen LogP contribution in [0, 0.1) is 12.3 Å². The number of thiophene rings is 1. The molecule has 4 nitrogen and oxygen atoms in total. The van der Waals surface area contributed by atoms with E-state index >= 15 is 0 Å². The van der Waals surface area contributed by atoms with E-state index in [1.54, 1.807) is 18.4 Å². The summed E-state index contributed by atoms with van der Waals surface area (Å²) in [4.78, 5) is 15.8. The molecule has 1 aromatic heterocycles. The average Bonchev–Trinajstić information content (AvgIpc) is 2.97. The largest absolute Gasteiger partial charge is 0.359 e. The molecule has 1 aliphatic heterocycles. The number of aryl methyl sites for hydroxylation is 1. The second-order valence-electron chi connectivity index (χ2n) is 6.13. The average molecular weight is 295 g/mol. The molecule has 5 heteroatoms. The number of amides is 1. The number of nitrogens with zero attached hydrogens (tertiary/aromatic N) is 1. The van der Waals surface area contributed by atoms with Crippen molar-refractivity contribution in [3.8, 4) is 0 Å². The number of hydrogen-bond acceptors (Lipinski definition) is 4. The smallest absolute Gasteiger partial charge is 0.227 e. The highest BCUT2D eigenvalue weighted by Gasteiger charge is 2.43. The van der Waals surface area contributed by atoms with E-state index in [2.05, 4.69) is 35.5 Å². The van der Waals surface area contributed by atoms with E-state index in [9.17, 15) is 4.79 Å². The quantitative estimate of drug-likeness (QED) is 0.892. The molecule has 3 atom stereocenters. The van der Waals surface area contributed by atoms with Gasteiger partial charge in [-0.3, -0.25) is 9.69 Å². The third-order valence-corrected chi connectivity index (χ3v) is 5.43. The predicted octanol–water partition coefficient (Wildman–Crippen LogP) is 1.90. The lowest BCUT2D eigenvalue weighted by atomic mass is 9.89. The molecule has 1 aromatic rings. The fourth-order valence-electron chi connectivity index (χ4n) is 3.15. The lowest BCUT2D eigenvalue weighted by molar-refractivity contribution is -0.129. The molecule has 0 aliphatic carbocycles. The Hall–Kier alpha value is -0.910. The van der Waals surface area contributed by atoms with Gasteiger partial charge in [0.05, 0.1) is 11.5 Å². The summed E-state index contributed by atoms with van der Waals surface area (Å²) in [6.45, 7) is 7.93. The minimum absolute atomic E-state index is 0.0550. The van der Waals surface area contributed by atoms with Crippen molar-refractivity contribution in [2.75, 3.05) is 20.1 Å². The highest BCUT2D eigenvalue weighted by atomic mass is 32.1. The van der Waals surface area contributed by atoms with Crippen molar-refractivity contribution in [3.05, 3.63) is 21.9 Å². The van der Waals surface area contributed by atoms with Crippen LogP contribution in [0.3, 0.4) is 0 Å². The van der Waals surface area contributed by atoms with Gasteiger partial charge in [-0.1, -0.05) is 0 Å². The number of hydrogen-bond donors (Lipinski definition) is 2. The number of carbonyl (C=O) groups excluding carboxylic acids is 1. The second kappa shape index (κ2) is 5.84. The van der Waals surface area contributed by atoms with Crippen LogP contribution in [-0.2, 0) is 4.79 Å². The maximum atomic E-state index is 12.1. The second-order valence-corrected chi connectivity index (χ2v) is 7.08. The SMILES string of the molecule is CNC(=O)C1(C)CCN(C(c2sccc2C)C(C)N)C1. The summed E-state index contributed by atoms with van der Waals surface area (Å²) in [5, 5.41) is 4.91. The zero-order valence-corrected chi connectivity index (χ0v) is 13.6. The van der Waals surface area contributed by atoms with E-state index in [0.29, 0.717) is 0 Å². The van der Waals surface area contributed by atoms with E-state index in [1.807, 2.05) is 6.92 Å². The Morgan fingerprint density at radius 2 is 2.30 bits per heavy atom. The van der Waals surface area contributed by atoms with Gasteiger partial charge in [0.15, 0.2) is 0 Å². The lowest BCUT2D eigenvalue weighted by Crippen LogP contribution is -2.42. The molecule has 3 N–H and O–H groups in total. The highest BCUT2D eigenvalue weighted by Crippen LogP contribution is 2.38. The minimum Gasteiger partial charge on any atom is -0.359 e. The Morgan fingerprint density at radius 1 is 1.60 bits per heavy atom.